The van der Waals surface area contributed by atoms with E-state index in [0.717, 1.165) is 6.07 Å². The number of benzene rings is 3. The van der Waals surface area contributed by atoms with Crippen molar-refractivity contribution in [3.05, 3.63) is 89.5 Å². The van der Waals surface area contributed by atoms with Crippen LogP contribution in [0.2, 0.25) is 0 Å². The summed E-state index contributed by atoms with van der Waals surface area (Å²) >= 11 is 0. The Morgan fingerprint density at radius 1 is 0.690 bits per heavy atom. The molecule has 0 saturated heterocycles. The van der Waals surface area contributed by atoms with Gasteiger partial charge in [-0.05, 0) is 67.9 Å². The van der Waals surface area contributed by atoms with Gasteiger partial charge in [-0.2, -0.15) is 0 Å². The summed E-state index contributed by atoms with van der Waals surface area (Å²) in [7, 11) is -3.75. The molecule has 0 fully saturated rings. The minimum Gasteiger partial charge on any atom is -0.465 e. The first-order valence-electron chi connectivity index (χ1n) is 11.3. The van der Waals surface area contributed by atoms with Gasteiger partial charge in [0.1, 0.15) is 0 Å². The fourth-order valence-corrected chi connectivity index (χ4v) is 4.78. The van der Waals surface area contributed by atoms with E-state index in [1.165, 1.54) is 68.8 Å². The highest BCUT2D eigenvalue weighted by molar-refractivity contribution is 8.13. The van der Waals surface area contributed by atoms with Gasteiger partial charge in [0.05, 0.1) is 45.6 Å². The molecule has 0 aliphatic rings. The van der Waals surface area contributed by atoms with Crippen LogP contribution in [0.15, 0.2) is 87.5 Å². The van der Waals surface area contributed by atoms with Gasteiger partial charge in [0.15, 0.2) is 0 Å². The van der Waals surface area contributed by atoms with Crippen LogP contribution < -0.4 is 10.3 Å². The van der Waals surface area contributed by atoms with Crippen LogP contribution in [0.4, 0.5) is 0 Å². The Hall–Kier alpha value is -3.38. The monoisotopic (exact) mass is 664 g/mol. The molecular formula is C25H29ClN2O11S3. The molecule has 0 unspecified atom stereocenters. The fraction of sp³-hybridized carbons (Fsp3) is 0.200. The summed E-state index contributed by atoms with van der Waals surface area (Å²) in [5, 5.41) is 19.5. The second-order valence-corrected chi connectivity index (χ2v) is 14.3. The topological polar surface area (TPSA) is 227 Å². The highest BCUT2D eigenvalue weighted by Crippen LogP contribution is 2.21. The van der Waals surface area contributed by atoms with E-state index in [-0.39, 0.29) is 25.8 Å². The highest BCUT2D eigenvalue weighted by atomic mass is 35.7. The summed E-state index contributed by atoms with van der Waals surface area (Å²) in [5.74, 6) is -1.21. The molecule has 230 valence electrons. The summed E-state index contributed by atoms with van der Waals surface area (Å²) in [4.78, 5) is 21.8. The van der Waals surface area contributed by atoms with Crippen molar-refractivity contribution >= 4 is 51.7 Å². The molecule has 0 aliphatic carbocycles. The molecule has 0 saturated carbocycles. The smallest absolute Gasteiger partial charge is 0.337 e. The lowest BCUT2D eigenvalue weighted by atomic mass is 9.99. The van der Waals surface area contributed by atoms with Crippen LogP contribution in [0.1, 0.15) is 40.1 Å². The lowest BCUT2D eigenvalue weighted by molar-refractivity contribution is 0.0591. The normalized spacial score (nSPS) is 11.6. The molecule has 0 aromatic heterocycles. The number of methoxy groups -OCH3 is 2. The van der Waals surface area contributed by atoms with Gasteiger partial charge in [0, 0.05) is 10.7 Å². The molecule has 0 atom stereocenters. The molecule has 17 heteroatoms. The Bertz CT molecular complexity index is 1660. The van der Waals surface area contributed by atoms with Crippen molar-refractivity contribution in [1.29, 1.82) is 0 Å². The van der Waals surface area contributed by atoms with Gasteiger partial charge in [-0.1, -0.05) is 24.3 Å². The Morgan fingerprint density at radius 3 is 1.40 bits per heavy atom. The molecule has 0 spiro atoms. The van der Waals surface area contributed by atoms with Crippen molar-refractivity contribution in [1.82, 2.24) is 0 Å². The first kappa shape index (κ1) is 36.6. The van der Waals surface area contributed by atoms with E-state index < -0.39 is 46.6 Å². The Balaban J connectivity index is 0.000000315. The number of halogens is 1. The van der Waals surface area contributed by atoms with Crippen LogP contribution in [0, 0.1) is 0 Å². The zero-order valence-corrected chi connectivity index (χ0v) is 25.9. The SMILES string of the molecule is CC(C)(O)c1cccc(S(N)(=O)=O)c1.COC(=O)c1cccc(S(=O)(=O)Cl)c1.COC(=O)c1cccc(S(N)(=O)=O)c1. The van der Waals surface area contributed by atoms with Crippen molar-refractivity contribution < 1.29 is 49.4 Å². The van der Waals surface area contributed by atoms with Crippen LogP contribution in [-0.4, -0.2) is 56.5 Å². The summed E-state index contributed by atoms with van der Waals surface area (Å²) in [6.07, 6.45) is 0. The van der Waals surface area contributed by atoms with E-state index in [9.17, 15) is 39.9 Å². The lowest BCUT2D eigenvalue weighted by Crippen LogP contribution is -2.18. The minimum absolute atomic E-state index is 0.0112. The molecule has 13 nitrogen and oxygen atoms in total. The maximum atomic E-state index is 11.0. The zero-order chi connectivity index (χ0) is 32.5. The lowest BCUT2D eigenvalue weighted by Gasteiger charge is -2.17. The van der Waals surface area contributed by atoms with Gasteiger partial charge >= 0.3 is 11.9 Å². The quantitative estimate of drug-likeness (QED) is 0.255. The maximum Gasteiger partial charge on any atom is 0.337 e. The van der Waals surface area contributed by atoms with Crippen molar-refractivity contribution in [2.24, 2.45) is 10.3 Å². The second-order valence-electron chi connectivity index (χ2n) is 8.65. The fourth-order valence-electron chi connectivity index (χ4n) is 2.86. The van der Waals surface area contributed by atoms with Crippen LogP contribution in [0.25, 0.3) is 0 Å². The molecule has 5 N–H and O–H groups in total. The third-order valence-corrected chi connectivity index (χ3v) is 8.16. The number of ether oxygens (including phenoxy) is 2. The molecule has 0 aliphatic heterocycles. The standard InChI is InChI=1S/C9H13NO3S.C8H7ClO4S.C8H9NO4S/c1-9(2,11)7-4-3-5-8(6-7)14(10,12)13;2*1-13-8(10)6-3-2-4-7(5-6)14(9,11)12/h3-6,11H,1-2H3,(H2,10,12,13);2-5H,1H3;2-5H,1H3,(H2,9,11,12). The molecule has 0 radical (unpaired) electrons. The molecule has 3 aromatic carbocycles. The molecule has 0 heterocycles. The third-order valence-electron chi connectivity index (χ3n) is 4.99. The number of primary sulfonamides is 2. The van der Waals surface area contributed by atoms with Gasteiger partial charge in [0.2, 0.25) is 20.0 Å². The Morgan fingerprint density at radius 2 is 1.05 bits per heavy atom. The number of aliphatic hydroxyl groups is 1. The summed E-state index contributed by atoms with van der Waals surface area (Å²) < 4.78 is 74.5. The number of carbonyl (C=O) groups excluding carboxylic acids is 2. The van der Waals surface area contributed by atoms with Gasteiger partial charge in [0.25, 0.3) is 9.05 Å². The number of hydrogen-bond donors (Lipinski definition) is 3. The van der Waals surface area contributed by atoms with Crippen LogP contribution in [0.5, 0.6) is 0 Å². The summed E-state index contributed by atoms with van der Waals surface area (Å²) in [5.41, 5.74) is -0.252. The molecule has 0 amide bonds. The van der Waals surface area contributed by atoms with Crippen LogP contribution in [0.3, 0.4) is 0 Å². The molecule has 3 aromatic rings. The first-order chi connectivity index (χ1) is 19.1. The predicted octanol–water partition coefficient (Wildman–Crippen LogP) is 2.08. The van der Waals surface area contributed by atoms with Crippen molar-refractivity contribution in [2.75, 3.05) is 14.2 Å². The molecular weight excluding hydrogens is 636 g/mol. The van der Waals surface area contributed by atoms with Gasteiger partial charge < -0.3 is 14.6 Å². The number of nitrogens with two attached hydrogens (primary N) is 2. The van der Waals surface area contributed by atoms with Crippen LogP contribution in [-0.2, 0) is 44.2 Å². The van der Waals surface area contributed by atoms with Crippen LogP contribution >= 0.6 is 10.7 Å². The van der Waals surface area contributed by atoms with E-state index >= 15 is 0 Å². The summed E-state index contributed by atoms with van der Waals surface area (Å²) in [6, 6.07) is 16.6. The number of rotatable bonds is 6. The van der Waals surface area contributed by atoms with Gasteiger partial charge in [-0.25, -0.2) is 45.1 Å². The van der Waals surface area contributed by atoms with E-state index in [2.05, 4.69) is 9.47 Å². The first-order valence-corrected chi connectivity index (χ1v) is 16.7. The number of hydrogen-bond acceptors (Lipinski definition) is 11. The Labute approximate surface area is 248 Å². The van der Waals surface area contributed by atoms with Crippen molar-refractivity contribution in [3.8, 4) is 0 Å². The number of sulfonamides is 2. The van der Waals surface area contributed by atoms with Crippen molar-refractivity contribution in [2.45, 2.75) is 34.1 Å². The van der Waals surface area contributed by atoms with E-state index in [1.807, 2.05) is 0 Å². The average Bonchev–Trinajstić information content (AvgIpc) is 2.91. The highest BCUT2D eigenvalue weighted by Gasteiger charge is 2.18. The minimum atomic E-state index is -3.80. The number of carbonyl (C=O) groups is 2. The second kappa shape index (κ2) is 14.7. The zero-order valence-electron chi connectivity index (χ0n) is 22.7. The number of esters is 2. The van der Waals surface area contributed by atoms with Gasteiger partial charge in [-0.3, -0.25) is 0 Å². The summed E-state index contributed by atoms with van der Waals surface area (Å²) in [6.45, 7) is 3.16. The molecule has 0 bridgehead atoms. The van der Waals surface area contributed by atoms with E-state index in [4.69, 9.17) is 21.0 Å². The van der Waals surface area contributed by atoms with Crippen molar-refractivity contribution in [3.63, 3.8) is 0 Å². The van der Waals surface area contributed by atoms with E-state index in [0.29, 0.717) is 5.56 Å². The maximum absolute atomic E-state index is 11.0. The largest absolute Gasteiger partial charge is 0.465 e. The molecule has 42 heavy (non-hydrogen) atoms. The average molecular weight is 665 g/mol. The molecule has 3 rings (SSSR count). The Kier molecular flexibility index (Phi) is 12.8. The third kappa shape index (κ3) is 11.8. The predicted molar refractivity (Wildman–Crippen MR) is 153 cm³/mol. The van der Waals surface area contributed by atoms with E-state index in [1.54, 1.807) is 26.0 Å². The van der Waals surface area contributed by atoms with Gasteiger partial charge in [-0.15, -0.1) is 0 Å².